The van der Waals surface area contributed by atoms with Gasteiger partial charge in [-0.25, -0.2) is 4.98 Å². The zero-order valence-electron chi connectivity index (χ0n) is 17.5. The van der Waals surface area contributed by atoms with Crippen molar-refractivity contribution in [2.75, 3.05) is 0 Å². The van der Waals surface area contributed by atoms with Gasteiger partial charge in [0, 0.05) is 26.5 Å². The summed E-state index contributed by atoms with van der Waals surface area (Å²) in [5.74, 6) is 0.0462. The molecule has 0 spiro atoms. The number of fused-ring (bicyclic) bond motifs is 7. The molecule has 1 aliphatic carbocycles. The highest BCUT2D eigenvalue weighted by Gasteiger charge is 2.33. The van der Waals surface area contributed by atoms with Gasteiger partial charge in [0.25, 0.3) is 0 Å². The average molecular weight is 486 g/mol. The third kappa shape index (κ3) is 2.54. The number of ketones is 1. The Kier molecular flexibility index (Phi) is 3.88. The lowest BCUT2D eigenvalue weighted by molar-refractivity contribution is 0.104. The molecule has 0 radical (unpaired) electrons. The van der Waals surface area contributed by atoms with Gasteiger partial charge in [-0.15, -0.1) is 0 Å². The first-order valence-electron chi connectivity index (χ1n) is 10.9. The maximum Gasteiger partial charge on any atom is 0.196 e. The molecule has 33 heavy (non-hydrogen) atoms. The van der Waals surface area contributed by atoms with Crippen molar-refractivity contribution < 1.29 is 4.79 Å². The summed E-state index contributed by atoms with van der Waals surface area (Å²) in [6.45, 7) is 0. The van der Waals surface area contributed by atoms with E-state index in [1.807, 2.05) is 36.4 Å². The second-order valence-electron chi connectivity index (χ2n) is 8.41. The Morgan fingerprint density at radius 2 is 1.27 bits per heavy atom. The molecule has 5 aromatic carbocycles. The van der Waals surface area contributed by atoms with Crippen LogP contribution in [-0.4, -0.2) is 10.8 Å². The third-order valence-corrected chi connectivity index (χ3v) is 7.36. The fraction of sp³-hybridized carbons (Fsp3) is 0. The van der Waals surface area contributed by atoms with Gasteiger partial charge in [-0.2, -0.15) is 0 Å². The van der Waals surface area contributed by atoms with E-state index in [9.17, 15) is 4.79 Å². The van der Waals surface area contributed by atoms with Gasteiger partial charge in [0.05, 0.1) is 16.8 Å². The predicted octanol–water partition coefficient (Wildman–Crippen LogP) is 8.18. The lowest BCUT2D eigenvalue weighted by atomic mass is 9.88. The highest BCUT2D eigenvalue weighted by Crippen LogP contribution is 2.47. The summed E-state index contributed by atoms with van der Waals surface area (Å²) in [6, 6.07) is 32.9. The zero-order chi connectivity index (χ0) is 22.1. The van der Waals surface area contributed by atoms with Crippen molar-refractivity contribution in [3.8, 4) is 22.4 Å². The van der Waals surface area contributed by atoms with E-state index >= 15 is 0 Å². The first-order valence-corrected chi connectivity index (χ1v) is 11.7. The van der Waals surface area contributed by atoms with E-state index in [1.165, 1.54) is 0 Å². The van der Waals surface area contributed by atoms with Crippen molar-refractivity contribution in [3.05, 3.63) is 113 Å². The molecule has 3 heteroatoms. The molecule has 1 aliphatic rings. The molecule has 0 bridgehead atoms. The number of halogens is 1. The molecule has 0 unspecified atom stereocenters. The molecule has 0 atom stereocenters. The highest BCUT2D eigenvalue weighted by atomic mass is 79.9. The number of nitrogens with zero attached hydrogens (tertiary/aromatic N) is 1. The second kappa shape index (κ2) is 6.84. The van der Waals surface area contributed by atoms with Crippen LogP contribution in [0.15, 0.2) is 102 Å². The number of carbonyl (C=O) groups excluding carboxylic acids is 1. The van der Waals surface area contributed by atoms with Crippen LogP contribution in [0, 0.1) is 0 Å². The first kappa shape index (κ1) is 18.7. The van der Waals surface area contributed by atoms with E-state index < -0.39 is 0 Å². The molecule has 0 saturated carbocycles. The molecule has 0 amide bonds. The Bertz CT molecular complexity index is 1800. The van der Waals surface area contributed by atoms with Crippen molar-refractivity contribution in [2.45, 2.75) is 0 Å². The predicted molar refractivity (Wildman–Crippen MR) is 139 cm³/mol. The highest BCUT2D eigenvalue weighted by molar-refractivity contribution is 9.10. The van der Waals surface area contributed by atoms with E-state index in [0.29, 0.717) is 5.56 Å². The van der Waals surface area contributed by atoms with Gasteiger partial charge in [0.2, 0.25) is 0 Å². The van der Waals surface area contributed by atoms with E-state index in [1.54, 1.807) is 0 Å². The zero-order valence-corrected chi connectivity index (χ0v) is 19.1. The van der Waals surface area contributed by atoms with E-state index in [-0.39, 0.29) is 5.78 Å². The SMILES string of the molecule is O=C1c2ccccc2-c2nc3ccc4ccccc4c3c(-c3ccc(Br)c4ccccc34)c21. The van der Waals surface area contributed by atoms with Crippen LogP contribution in [0.5, 0.6) is 0 Å². The molecular formula is C30H16BrNO. The quantitative estimate of drug-likeness (QED) is 0.219. The van der Waals surface area contributed by atoms with Crippen molar-refractivity contribution in [2.24, 2.45) is 0 Å². The minimum atomic E-state index is 0.0462. The van der Waals surface area contributed by atoms with E-state index in [4.69, 9.17) is 4.98 Å². The van der Waals surface area contributed by atoms with E-state index in [2.05, 4.69) is 76.6 Å². The van der Waals surface area contributed by atoms with Gasteiger partial charge in [0.15, 0.2) is 5.78 Å². The summed E-state index contributed by atoms with van der Waals surface area (Å²) in [7, 11) is 0. The first-order chi connectivity index (χ1) is 16.2. The molecular weight excluding hydrogens is 470 g/mol. The Hall–Kier alpha value is -3.82. The molecule has 2 nitrogen and oxygen atoms in total. The minimum Gasteiger partial charge on any atom is -0.288 e. The van der Waals surface area contributed by atoms with Gasteiger partial charge in [-0.05, 0) is 39.2 Å². The van der Waals surface area contributed by atoms with Crippen molar-refractivity contribution in [1.29, 1.82) is 0 Å². The van der Waals surface area contributed by atoms with Gasteiger partial charge < -0.3 is 0 Å². The summed E-state index contributed by atoms with van der Waals surface area (Å²) in [5.41, 5.74) is 6.04. The summed E-state index contributed by atoms with van der Waals surface area (Å²) in [4.78, 5) is 18.9. The van der Waals surface area contributed by atoms with Gasteiger partial charge in [-0.3, -0.25) is 4.79 Å². The minimum absolute atomic E-state index is 0.0462. The molecule has 0 saturated heterocycles. The summed E-state index contributed by atoms with van der Waals surface area (Å²) in [6.07, 6.45) is 0. The number of aromatic nitrogens is 1. The van der Waals surface area contributed by atoms with Crippen LogP contribution in [0.25, 0.3) is 54.8 Å². The molecule has 6 aromatic rings. The van der Waals surface area contributed by atoms with Crippen molar-refractivity contribution in [3.63, 3.8) is 0 Å². The number of benzene rings is 5. The number of carbonyl (C=O) groups is 1. The molecule has 154 valence electrons. The van der Waals surface area contributed by atoms with Crippen LogP contribution in [0.3, 0.4) is 0 Å². The largest absolute Gasteiger partial charge is 0.288 e. The molecule has 0 fully saturated rings. The average Bonchev–Trinajstić information content (AvgIpc) is 3.15. The van der Waals surface area contributed by atoms with Crippen LogP contribution in [0.2, 0.25) is 0 Å². The molecule has 0 aliphatic heterocycles. The summed E-state index contributed by atoms with van der Waals surface area (Å²) >= 11 is 3.71. The standard InChI is InChI=1S/C30H16BrNO/c31-24-15-14-21(19-9-3-4-10-20(19)24)27-26-18-8-2-1-7-17(18)13-16-25(26)32-29-22-11-5-6-12-23(22)30(33)28(27)29/h1-16H. The maximum atomic E-state index is 13.8. The lowest BCUT2D eigenvalue weighted by Gasteiger charge is -2.17. The third-order valence-electron chi connectivity index (χ3n) is 6.67. The Balaban J connectivity index is 1.75. The summed E-state index contributed by atoms with van der Waals surface area (Å²) < 4.78 is 1.04. The fourth-order valence-corrected chi connectivity index (χ4v) is 5.70. The van der Waals surface area contributed by atoms with Crippen molar-refractivity contribution >= 4 is 54.2 Å². The molecule has 7 rings (SSSR count). The lowest BCUT2D eigenvalue weighted by Crippen LogP contribution is -2.01. The Morgan fingerprint density at radius 3 is 2.12 bits per heavy atom. The number of hydrogen-bond donors (Lipinski definition) is 0. The van der Waals surface area contributed by atoms with Crippen LogP contribution < -0.4 is 0 Å². The van der Waals surface area contributed by atoms with Gasteiger partial charge in [-0.1, -0.05) is 101 Å². The molecule has 1 heterocycles. The maximum absolute atomic E-state index is 13.8. The molecule has 0 N–H and O–H groups in total. The molecule has 1 aromatic heterocycles. The summed E-state index contributed by atoms with van der Waals surface area (Å²) in [5, 5.41) is 5.50. The van der Waals surface area contributed by atoms with E-state index in [0.717, 1.165) is 64.9 Å². The monoisotopic (exact) mass is 485 g/mol. The number of rotatable bonds is 1. The fourth-order valence-electron chi connectivity index (χ4n) is 5.22. The van der Waals surface area contributed by atoms with Gasteiger partial charge in [0.1, 0.15) is 0 Å². The van der Waals surface area contributed by atoms with Gasteiger partial charge >= 0.3 is 0 Å². The van der Waals surface area contributed by atoms with Crippen LogP contribution in [0.4, 0.5) is 0 Å². The normalized spacial score (nSPS) is 12.5. The Morgan fingerprint density at radius 1 is 0.576 bits per heavy atom. The topological polar surface area (TPSA) is 30.0 Å². The Labute approximate surface area is 198 Å². The second-order valence-corrected chi connectivity index (χ2v) is 9.26. The van der Waals surface area contributed by atoms with Crippen LogP contribution in [0.1, 0.15) is 15.9 Å². The number of pyridine rings is 1. The van der Waals surface area contributed by atoms with Crippen LogP contribution >= 0.6 is 15.9 Å². The van der Waals surface area contributed by atoms with Crippen molar-refractivity contribution in [1.82, 2.24) is 4.98 Å². The number of hydrogen-bond acceptors (Lipinski definition) is 2. The van der Waals surface area contributed by atoms with Crippen LogP contribution in [-0.2, 0) is 0 Å². The smallest absolute Gasteiger partial charge is 0.196 e.